The number of nitrogens with zero attached hydrogens (tertiary/aromatic N) is 4. The van der Waals surface area contributed by atoms with Crippen molar-refractivity contribution >= 4 is 23.5 Å². The third kappa shape index (κ3) is 4.30. The monoisotopic (exact) mass is 328 g/mol. The maximum absolute atomic E-state index is 5.80. The average Bonchev–Trinajstić information content (AvgIpc) is 2.58. The van der Waals surface area contributed by atoms with Gasteiger partial charge in [0, 0.05) is 32.2 Å². The van der Waals surface area contributed by atoms with Gasteiger partial charge in [0.25, 0.3) is 0 Å². The summed E-state index contributed by atoms with van der Waals surface area (Å²) in [6.07, 6.45) is 4.42. The van der Waals surface area contributed by atoms with E-state index in [2.05, 4.69) is 63.3 Å². The number of benzene rings is 1. The molecule has 1 aliphatic heterocycles. The second kappa shape index (κ2) is 7.57. The Hall–Kier alpha value is -1.91. The van der Waals surface area contributed by atoms with Crippen LogP contribution in [-0.2, 0) is 0 Å². The van der Waals surface area contributed by atoms with Crippen LogP contribution in [0.15, 0.2) is 48.5 Å². The number of hydrogen-bond donors (Lipinski definition) is 0. The Labute approximate surface area is 142 Å². The number of piperazine rings is 1. The first-order valence-corrected chi connectivity index (χ1v) is 8.30. The van der Waals surface area contributed by atoms with Crippen molar-refractivity contribution in [3.8, 4) is 0 Å². The van der Waals surface area contributed by atoms with E-state index >= 15 is 0 Å². The van der Waals surface area contributed by atoms with Crippen LogP contribution in [0.5, 0.6) is 0 Å². The lowest BCUT2D eigenvalue weighted by molar-refractivity contribution is 0.209. The van der Waals surface area contributed by atoms with Crippen LogP contribution in [0.3, 0.4) is 0 Å². The van der Waals surface area contributed by atoms with Crippen LogP contribution >= 0.6 is 11.6 Å². The highest BCUT2D eigenvalue weighted by molar-refractivity contribution is 6.29. The molecular weight excluding hydrogens is 308 g/mol. The predicted octanol–water partition coefficient (Wildman–Crippen LogP) is 3.35. The summed E-state index contributed by atoms with van der Waals surface area (Å²) in [7, 11) is 0. The summed E-state index contributed by atoms with van der Waals surface area (Å²) >= 11 is 5.80. The molecule has 1 atom stereocenters. The molecule has 1 aromatic carbocycles. The van der Waals surface area contributed by atoms with Crippen LogP contribution in [0.4, 0.5) is 5.82 Å². The molecular formula is C18H21ClN4. The summed E-state index contributed by atoms with van der Waals surface area (Å²) in [5.41, 5.74) is 1.25. The Morgan fingerprint density at radius 2 is 1.96 bits per heavy atom. The molecule has 0 N–H and O–H groups in total. The number of halogens is 1. The fraction of sp³-hybridized carbons (Fsp3) is 0.333. The molecule has 1 saturated heterocycles. The molecule has 1 unspecified atom stereocenters. The third-order valence-corrected chi connectivity index (χ3v) is 4.36. The molecule has 23 heavy (non-hydrogen) atoms. The first-order valence-electron chi connectivity index (χ1n) is 7.92. The molecule has 5 heteroatoms. The van der Waals surface area contributed by atoms with Crippen LogP contribution in [0.25, 0.3) is 6.08 Å². The van der Waals surface area contributed by atoms with Crippen molar-refractivity contribution in [2.75, 3.05) is 31.1 Å². The molecule has 2 heterocycles. The van der Waals surface area contributed by atoms with Crippen molar-refractivity contribution in [1.82, 2.24) is 15.1 Å². The normalized spacial score (nSPS) is 19.4. The summed E-state index contributed by atoms with van der Waals surface area (Å²) in [6.45, 7) is 6.15. The molecule has 0 radical (unpaired) electrons. The van der Waals surface area contributed by atoms with Crippen molar-refractivity contribution in [3.63, 3.8) is 0 Å². The van der Waals surface area contributed by atoms with Crippen LogP contribution in [0.2, 0.25) is 5.15 Å². The first-order chi connectivity index (χ1) is 11.2. The number of aromatic nitrogens is 2. The largest absolute Gasteiger partial charge is 0.352 e. The zero-order valence-corrected chi connectivity index (χ0v) is 14.0. The van der Waals surface area contributed by atoms with E-state index in [4.69, 9.17) is 11.6 Å². The van der Waals surface area contributed by atoms with E-state index in [0.717, 1.165) is 32.0 Å². The summed E-state index contributed by atoms with van der Waals surface area (Å²) in [5.74, 6) is 0.903. The standard InChI is InChI=1S/C18H21ClN4/c1-15-14-23(18-10-9-17(19)20-21-18)13-12-22(15)11-5-8-16-6-3-2-4-7-16/h2-10,15H,11-14H2,1H3. The van der Waals surface area contributed by atoms with Gasteiger partial charge in [-0.05, 0) is 24.6 Å². The smallest absolute Gasteiger partial charge is 0.151 e. The molecule has 0 saturated carbocycles. The van der Waals surface area contributed by atoms with Crippen LogP contribution in [0, 0.1) is 0 Å². The molecule has 0 amide bonds. The molecule has 3 rings (SSSR count). The number of rotatable bonds is 4. The van der Waals surface area contributed by atoms with Crippen molar-refractivity contribution in [3.05, 3.63) is 59.3 Å². The molecule has 1 fully saturated rings. The van der Waals surface area contributed by atoms with Gasteiger partial charge in [0.2, 0.25) is 0 Å². The fourth-order valence-corrected chi connectivity index (χ4v) is 2.94. The van der Waals surface area contributed by atoms with Gasteiger partial charge in [-0.2, -0.15) is 0 Å². The van der Waals surface area contributed by atoms with E-state index < -0.39 is 0 Å². The lowest BCUT2D eigenvalue weighted by Crippen LogP contribution is -2.52. The van der Waals surface area contributed by atoms with Gasteiger partial charge < -0.3 is 4.90 Å². The minimum Gasteiger partial charge on any atom is -0.352 e. The van der Waals surface area contributed by atoms with E-state index in [1.807, 2.05) is 12.1 Å². The highest BCUT2D eigenvalue weighted by Crippen LogP contribution is 2.17. The van der Waals surface area contributed by atoms with Crippen LogP contribution in [0.1, 0.15) is 12.5 Å². The van der Waals surface area contributed by atoms with Gasteiger partial charge in [-0.25, -0.2) is 0 Å². The Bertz CT molecular complexity index is 642. The second-order valence-electron chi connectivity index (χ2n) is 5.82. The SMILES string of the molecule is CC1CN(c2ccc(Cl)nn2)CCN1CC=Cc1ccccc1. The van der Waals surface area contributed by atoms with Gasteiger partial charge in [-0.3, -0.25) is 4.90 Å². The molecule has 4 nitrogen and oxygen atoms in total. The van der Waals surface area contributed by atoms with Gasteiger partial charge in [0.05, 0.1) is 0 Å². The second-order valence-corrected chi connectivity index (χ2v) is 6.20. The van der Waals surface area contributed by atoms with Crippen molar-refractivity contribution in [2.45, 2.75) is 13.0 Å². The Balaban J connectivity index is 1.54. The molecule has 120 valence electrons. The van der Waals surface area contributed by atoms with E-state index in [-0.39, 0.29) is 0 Å². The average molecular weight is 329 g/mol. The molecule has 0 bridgehead atoms. The van der Waals surface area contributed by atoms with E-state index in [1.165, 1.54) is 5.56 Å². The molecule has 0 aliphatic carbocycles. The molecule has 0 spiro atoms. The first kappa shape index (κ1) is 16.0. The summed E-state index contributed by atoms with van der Waals surface area (Å²) in [5, 5.41) is 8.54. The van der Waals surface area contributed by atoms with Crippen LogP contribution in [-0.4, -0.2) is 47.3 Å². The highest BCUT2D eigenvalue weighted by atomic mass is 35.5. The van der Waals surface area contributed by atoms with Crippen LogP contribution < -0.4 is 4.90 Å². The van der Waals surface area contributed by atoms with Gasteiger partial charge in [-0.1, -0.05) is 54.1 Å². The number of hydrogen-bond acceptors (Lipinski definition) is 4. The van der Waals surface area contributed by atoms with Crippen molar-refractivity contribution in [1.29, 1.82) is 0 Å². The van der Waals surface area contributed by atoms with E-state index in [9.17, 15) is 0 Å². The number of anilines is 1. The van der Waals surface area contributed by atoms with Crippen molar-refractivity contribution < 1.29 is 0 Å². The fourth-order valence-electron chi connectivity index (χ4n) is 2.84. The molecule has 1 aliphatic rings. The van der Waals surface area contributed by atoms with E-state index in [0.29, 0.717) is 11.2 Å². The summed E-state index contributed by atoms with van der Waals surface area (Å²) in [6, 6.07) is 14.6. The zero-order valence-electron chi connectivity index (χ0n) is 13.3. The van der Waals surface area contributed by atoms with Crippen molar-refractivity contribution in [2.24, 2.45) is 0 Å². The Morgan fingerprint density at radius 1 is 1.13 bits per heavy atom. The lowest BCUT2D eigenvalue weighted by atomic mass is 10.1. The third-order valence-electron chi connectivity index (χ3n) is 4.16. The Kier molecular flexibility index (Phi) is 5.26. The lowest BCUT2D eigenvalue weighted by Gasteiger charge is -2.39. The maximum atomic E-state index is 5.80. The van der Waals surface area contributed by atoms with Gasteiger partial charge >= 0.3 is 0 Å². The Morgan fingerprint density at radius 3 is 2.65 bits per heavy atom. The van der Waals surface area contributed by atoms with Gasteiger partial charge in [0.1, 0.15) is 0 Å². The minimum atomic E-state index is 0.437. The molecule has 2 aromatic rings. The maximum Gasteiger partial charge on any atom is 0.151 e. The zero-order chi connectivity index (χ0) is 16.1. The van der Waals surface area contributed by atoms with Gasteiger partial charge in [-0.15, -0.1) is 10.2 Å². The highest BCUT2D eigenvalue weighted by Gasteiger charge is 2.23. The summed E-state index contributed by atoms with van der Waals surface area (Å²) < 4.78 is 0. The van der Waals surface area contributed by atoms with E-state index in [1.54, 1.807) is 6.07 Å². The predicted molar refractivity (Wildman–Crippen MR) is 95.8 cm³/mol. The van der Waals surface area contributed by atoms with Gasteiger partial charge in [0.15, 0.2) is 11.0 Å². The molecule has 1 aromatic heterocycles. The topological polar surface area (TPSA) is 32.3 Å². The quantitative estimate of drug-likeness (QED) is 0.861. The minimum absolute atomic E-state index is 0.437. The summed E-state index contributed by atoms with van der Waals surface area (Å²) in [4.78, 5) is 4.75.